The smallest absolute Gasteiger partial charge is 0.141 e. The predicted octanol–water partition coefficient (Wildman–Crippen LogP) is 2.31. The first-order chi connectivity index (χ1) is 7.76. The Morgan fingerprint density at radius 3 is 3.00 bits per heavy atom. The molecule has 1 heterocycles. The Balaban J connectivity index is 2.52. The van der Waals surface area contributed by atoms with E-state index in [4.69, 9.17) is 5.26 Å². The van der Waals surface area contributed by atoms with Crippen LogP contribution in [-0.4, -0.2) is 11.3 Å². The maximum atomic E-state index is 13.4. The molecule has 3 nitrogen and oxygen atoms in total. The molecule has 0 spiro atoms. The molecule has 16 heavy (non-hydrogen) atoms. The Kier molecular flexibility index (Phi) is 2.69. The third kappa shape index (κ3) is 1.68. The second-order valence-corrected chi connectivity index (χ2v) is 3.51. The summed E-state index contributed by atoms with van der Waals surface area (Å²) in [6.45, 7) is 0. The number of fused-ring (bicyclic) bond motifs is 1. The monoisotopic (exact) mass is 216 g/mol. The molecule has 0 aliphatic rings. The molecule has 2 rings (SSSR count). The van der Waals surface area contributed by atoms with E-state index in [1.165, 1.54) is 12.1 Å². The Morgan fingerprint density at radius 1 is 1.50 bits per heavy atom. The zero-order valence-electron chi connectivity index (χ0n) is 8.46. The molecule has 0 fully saturated rings. The van der Waals surface area contributed by atoms with Gasteiger partial charge in [0.05, 0.1) is 5.56 Å². The van der Waals surface area contributed by atoms with Gasteiger partial charge in [0.15, 0.2) is 0 Å². The number of carbonyl (C=O) groups is 1. The van der Waals surface area contributed by atoms with E-state index >= 15 is 0 Å². The van der Waals surface area contributed by atoms with Crippen LogP contribution >= 0.6 is 0 Å². The number of aromatic nitrogens is 1. The zero-order valence-corrected chi connectivity index (χ0v) is 8.46. The van der Waals surface area contributed by atoms with E-state index in [0.29, 0.717) is 12.8 Å². The fourth-order valence-electron chi connectivity index (χ4n) is 1.71. The van der Waals surface area contributed by atoms with Crippen molar-refractivity contribution in [2.75, 3.05) is 0 Å². The normalized spacial score (nSPS) is 10.2. The Morgan fingerprint density at radius 2 is 2.31 bits per heavy atom. The lowest BCUT2D eigenvalue weighted by Crippen LogP contribution is -1.86. The van der Waals surface area contributed by atoms with E-state index in [-0.39, 0.29) is 5.56 Å². The highest BCUT2D eigenvalue weighted by atomic mass is 19.1. The highest BCUT2D eigenvalue weighted by Crippen LogP contribution is 2.22. The number of aldehydes is 1. The van der Waals surface area contributed by atoms with Gasteiger partial charge in [-0.3, -0.25) is 0 Å². The van der Waals surface area contributed by atoms with Gasteiger partial charge >= 0.3 is 0 Å². The Hall–Kier alpha value is -2.15. The summed E-state index contributed by atoms with van der Waals surface area (Å²) < 4.78 is 13.4. The maximum Gasteiger partial charge on any atom is 0.141 e. The molecule has 0 aliphatic heterocycles. The summed E-state index contributed by atoms with van der Waals surface area (Å²) in [5, 5.41) is 9.41. The number of hydrogen-bond donors (Lipinski definition) is 1. The number of nitrogens with zero attached hydrogens (tertiary/aromatic N) is 1. The van der Waals surface area contributed by atoms with Crippen LogP contribution in [0.4, 0.5) is 4.39 Å². The fraction of sp³-hybridized carbons (Fsp3) is 0.167. The number of aromatic amines is 1. The first-order valence-electron chi connectivity index (χ1n) is 4.89. The van der Waals surface area contributed by atoms with Gasteiger partial charge in [-0.05, 0) is 24.1 Å². The van der Waals surface area contributed by atoms with Crippen LogP contribution < -0.4 is 0 Å². The number of nitriles is 1. The topological polar surface area (TPSA) is 56.6 Å². The number of H-pyrrole nitrogens is 1. The molecule has 80 valence electrons. The first-order valence-corrected chi connectivity index (χ1v) is 4.89. The summed E-state index contributed by atoms with van der Waals surface area (Å²) in [5.41, 5.74) is 1.64. The number of benzene rings is 1. The summed E-state index contributed by atoms with van der Waals surface area (Å²) in [6, 6.07) is 4.61. The summed E-state index contributed by atoms with van der Waals surface area (Å²) in [5.74, 6) is -0.526. The van der Waals surface area contributed by atoms with E-state index in [1.54, 1.807) is 12.3 Å². The minimum absolute atomic E-state index is 0.0243. The molecular formula is C12H9FN2O. The van der Waals surface area contributed by atoms with Crippen LogP contribution in [0.15, 0.2) is 18.3 Å². The van der Waals surface area contributed by atoms with Gasteiger partial charge in [0, 0.05) is 23.5 Å². The van der Waals surface area contributed by atoms with Gasteiger partial charge in [0.1, 0.15) is 18.2 Å². The van der Waals surface area contributed by atoms with Crippen LogP contribution in [0.1, 0.15) is 17.5 Å². The van der Waals surface area contributed by atoms with E-state index in [0.717, 1.165) is 22.8 Å². The molecule has 1 aromatic carbocycles. The van der Waals surface area contributed by atoms with Crippen LogP contribution in [0.2, 0.25) is 0 Å². The van der Waals surface area contributed by atoms with Crippen molar-refractivity contribution >= 4 is 17.2 Å². The summed E-state index contributed by atoms with van der Waals surface area (Å²) in [7, 11) is 0. The first kappa shape index (κ1) is 10.4. The van der Waals surface area contributed by atoms with Gasteiger partial charge in [0.25, 0.3) is 0 Å². The Bertz CT molecular complexity index is 580. The lowest BCUT2D eigenvalue weighted by Gasteiger charge is -1.97. The van der Waals surface area contributed by atoms with Crippen LogP contribution in [0.5, 0.6) is 0 Å². The average Bonchev–Trinajstić information content (AvgIpc) is 2.67. The van der Waals surface area contributed by atoms with Crippen molar-refractivity contribution in [1.82, 2.24) is 4.98 Å². The van der Waals surface area contributed by atoms with Gasteiger partial charge in [-0.1, -0.05) is 0 Å². The SMILES string of the molecule is N#Cc1cc2[nH]cc(CCC=O)c2cc1F. The predicted molar refractivity (Wildman–Crippen MR) is 57.4 cm³/mol. The molecule has 2 aromatic rings. The van der Waals surface area contributed by atoms with E-state index in [1.807, 2.05) is 0 Å². The quantitative estimate of drug-likeness (QED) is 0.800. The third-order valence-electron chi connectivity index (χ3n) is 2.51. The second kappa shape index (κ2) is 4.15. The van der Waals surface area contributed by atoms with Gasteiger partial charge in [0.2, 0.25) is 0 Å². The van der Waals surface area contributed by atoms with Crippen LogP contribution in [-0.2, 0) is 11.2 Å². The number of nitrogens with one attached hydrogen (secondary N) is 1. The highest BCUT2D eigenvalue weighted by Gasteiger charge is 2.08. The van der Waals surface area contributed by atoms with Crippen molar-refractivity contribution in [2.45, 2.75) is 12.8 Å². The molecule has 0 radical (unpaired) electrons. The van der Waals surface area contributed by atoms with Crippen LogP contribution in [0, 0.1) is 17.1 Å². The molecule has 0 saturated heterocycles. The summed E-state index contributed by atoms with van der Waals surface area (Å²) in [4.78, 5) is 13.2. The van der Waals surface area contributed by atoms with Crippen LogP contribution in [0.25, 0.3) is 10.9 Å². The number of halogens is 1. The molecule has 0 amide bonds. The van der Waals surface area contributed by atoms with Crippen LogP contribution in [0.3, 0.4) is 0 Å². The maximum absolute atomic E-state index is 13.4. The average molecular weight is 216 g/mol. The number of carbonyl (C=O) groups excluding carboxylic acids is 1. The summed E-state index contributed by atoms with van der Waals surface area (Å²) >= 11 is 0. The number of hydrogen-bond acceptors (Lipinski definition) is 2. The molecule has 1 N–H and O–H groups in total. The Labute approximate surface area is 91.5 Å². The fourth-order valence-corrected chi connectivity index (χ4v) is 1.71. The molecule has 0 saturated carbocycles. The molecule has 0 atom stereocenters. The second-order valence-electron chi connectivity index (χ2n) is 3.51. The van der Waals surface area contributed by atoms with Gasteiger partial charge in [-0.2, -0.15) is 5.26 Å². The highest BCUT2D eigenvalue weighted by molar-refractivity contribution is 5.84. The van der Waals surface area contributed by atoms with E-state index in [2.05, 4.69) is 4.98 Å². The largest absolute Gasteiger partial charge is 0.361 e. The number of aryl methyl sites for hydroxylation is 1. The standard InChI is InChI=1S/C12H9FN2O/c13-11-5-10-8(2-1-3-16)7-15-12(10)4-9(11)6-14/h3-5,7,15H,1-2H2. The van der Waals surface area contributed by atoms with E-state index < -0.39 is 5.82 Å². The van der Waals surface area contributed by atoms with Gasteiger partial charge in [-0.25, -0.2) is 4.39 Å². The van der Waals surface area contributed by atoms with Crippen molar-refractivity contribution in [3.8, 4) is 6.07 Å². The minimum Gasteiger partial charge on any atom is -0.361 e. The zero-order chi connectivity index (χ0) is 11.5. The molecule has 4 heteroatoms. The molecule has 0 aliphatic carbocycles. The molecule has 1 aromatic heterocycles. The van der Waals surface area contributed by atoms with Gasteiger partial charge < -0.3 is 9.78 Å². The lowest BCUT2D eigenvalue weighted by molar-refractivity contribution is -0.107. The van der Waals surface area contributed by atoms with Crippen molar-refractivity contribution < 1.29 is 9.18 Å². The van der Waals surface area contributed by atoms with Crippen molar-refractivity contribution in [3.63, 3.8) is 0 Å². The third-order valence-corrected chi connectivity index (χ3v) is 2.51. The van der Waals surface area contributed by atoms with Crippen molar-refractivity contribution in [2.24, 2.45) is 0 Å². The lowest BCUT2D eigenvalue weighted by atomic mass is 10.1. The molecule has 0 bridgehead atoms. The van der Waals surface area contributed by atoms with Crippen molar-refractivity contribution in [3.05, 3.63) is 35.3 Å². The number of rotatable bonds is 3. The molecule has 0 unspecified atom stereocenters. The van der Waals surface area contributed by atoms with E-state index in [9.17, 15) is 9.18 Å². The van der Waals surface area contributed by atoms with Crippen molar-refractivity contribution in [1.29, 1.82) is 5.26 Å². The summed E-state index contributed by atoms with van der Waals surface area (Å²) in [6.07, 6.45) is 3.57. The molecular weight excluding hydrogens is 207 g/mol. The minimum atomic E-state index is -0.526. The van der Waals surface area contributed by atoms with Gasteiger partial charge in [-0.15, -0.1) is 0 Å².